The minimum atomic E-state index is -0.550. The fourth-order valence-electron chi connectivity index (χ4n) is 3.02. The van der Waals surface area contributed by atoms with Crippen molar-refractivity contribution >= 4 is 12.4 Å². The lowest BCUT2D eigenvalue weighted by Gasteiger charge is -2.16. The van der Waals surface area contributed by atoms with E-state index in [1.807, 2.05) is 31.2 Å². The lowest BCUT2D eigenvalue weighted by molar-refractivity contribution is -0.109. The van der Waals surface area contributed by atoms with Crippen molar-refractivity contribution in [2.24, 2.45) is 0 Å². The van der Waals surface area contributed by atoms with Gasteiger partial charge in [0.1, 0.15) is 12.9 Å². The maximum atomic E-state index is 11.9. The number of carbonyl (C=O) groups excluding carboxylic acids is 2. The van der Waals surface area contributed by atoms with Crippen LogP contribution in [0.4, 0.5) is 4.79 Å². The summed E-state index contributed by atoms with van der Waals surface area (Å²) in [5.41, 5.74) is 4.72. The molecule has 0 bridgehead atoms. The Morgan fingerprint density at radius 3 is 2.22 bits per heavy atom. The van der Waals surface area contributed by atoms with E-state index in [2.05, 4.69) is 29.6 Å². The highest BCUT2D eigenvalue weighted by Crippen LogP contribution is 2.44. The average molecular weight is 309 g/mol. The minimum Gasteiger partial charge on any atom is -0.449 e. The zero-order valence-corrected chi connectivity index (χ0v) is 13.0. The van der Waals surface area contributed by atoms with Crippen LogP contribution in [0, 0.1) is 0 Å². The highest BCUT2D eigenvalue weighted by Gasteiger charge is 2.29. The molecule has 118 valence electrons. The zero-order chi connectivity index (χ0) is 16.2. The van der Waals surface area contributed by atoms with Gasteiger partial charge in [-0.3, -0.25) is 0 Å². The summed E-state index contributed by atoms with van der Waals surface area (Å²) in [6, 6.07) is 15.9. The van der Waals surface area contributed by atoms with Gasteiger partial charge in [0, 0.05) is 5.92 Å². The third-order valence-electron chi connectivity index (χ3n) is 4.25. The first-order chi connectivity index (χ1) is 11.2. The van der Waals surface area contributed by atoms with Crippen molar-refractivity contribution in [2.75, 3.05) is 6.61 Å². The average Bonchev–Trinajstić information content (AvgIpc) is 2.92. The second-order valence-corrected chi connectivity index (χ2v) is 5.62. The molecule has 1 N–H and O–H groups in total. The van der Waals surface area contributed by atoms with Crippen LogP contribution in [0.15, 0.2) is 48.5 Å². The van der Waals surface area contributed by atoms with Crippen molar-refractivity contribution in [3.05, 3.63) is 59.7 Å². The normalized spacial score (nSPS) is 13.8. The van der Waals surface area contributed by atoms with Crippen LogP contribution in [-0.4, -0.2) is 25.0 Å². The van der Waals surface area contributed by atoms with E-state index in [1.54, 1.807) is 0 Å². The van der Waals surface area contributed by atoms with E-state index in [0.717, 1.165) is 6.29 Å². The third-order valence-corrected chi connectivity index (χ3v) is 4.25. The Morgan fingerprint density at radius 1 is 1.13 bits per heavy atom. The minimum absolute atomic E-state index is 0.0319. The van der Waals surface area contributed by atoms with Crippen molar-refractivity contribution < 1.29 is 14.3 Å². The van der Waals surface area contributed by atoms with E-state index in [4.69, 9.17) is 4.74 Å². The van der Waals surface area contributed by atoms with Crippen LogP contribution in [0.2, 0.25) is 0 Å². The number of carbonyl (C=O) groups is 2. The maximum Gasteiger partial charge on any atom is 0.407 e. The van der Waals surface area contributed by atoms with Crippen molar-refractivity contribution in [2.45, 2.75) is 25.3 Å². The Bertz CT molecular complexity index is 681. The molecule has 0 fully saturated rings. The van der Waals surface area contributed by atoms with Crippen molar-refractivity contribution in [3.63, 3.8) is 0 Å². The van der Waals surface area contributed by atoms with E-state index in [-0.39, 0.29) is 12.5 Å². The predicted molar refractivity (Wildman–Crippen MR) is 88.3 cm³/mol. The number of rotatable bonds is 5. The molecular formula is C19H19NO3. The molecule has 1 aliphatic carbocycles. The van der Waals surface area contributed by atoms with Crippen LogP contribution < -0.4 is 5.32 Å². The standard InChI is InChI=1S/C19H19NO3/c1-2-13(11-21)20-19(22)23-12-18-16-9-5-3-7-14(16)15-8-4-6-10-17(15)18/h3-11,13,18H,2,12H2,1H3,(H,20,22). The fourth-order valence-corrected chi connectivity index (χ4v) is 3.02. The number of alkyl carbamates (subject to hydrolysis) is 1. The summed E-state index contributed by atoms with van der Waals surface area (Å²) in [6.07, 6.45) is 0.723. The molecule has 4 nitrogen and oxygen atoms in total. The Hall–Kier alpha value is -2.62. The predicted octanol–water partition coefficient (Wildman–Crippen LogP) is 3.50. The first-order valence-corrected chi connectivity index (χ1v) is 7.81. The molecule has 0 heterocycles. The number of nitrogens with one attached hydrogen (secondary N) is 1. The van der Waals surface area contributed by atoms with Gasteiger partial charge in [0.15, 0.2) is 0 Å². The van der Waals surface area contributed by atoms with Crippen LogP contribution in [0.1, 0.15) is 30.4 Å². The molecule has 23 heavy (non-hydrogen) atoms. The van der Waals surface area contributed by atoms with Crippen molar-refractivity contribution in [3.8, 4) is 11.1 Å². The summed E-state index contributed by atoms with van der Waals surface area (Å²) in [6.45, 7) is 2.10. The third kappa shape index (κ3) is 2.97. The molecule has 1 amide bonds. The summed E-state index contributed by atoms with van der Waals surface area (Å²) in [7, 11) is 0. The topological polar surface area (TPSA) is 55.4 Å². The van der Waals surface area contributed by atoms with Crippen LogP contribution in [0.3, 0.4) is 0 Å². The number of aldehydes is 1. The van der Waals surface area contributed by atoms with E-state index < -0.39 is 12.1 Å². The molecule has 4 heteroatoms. The molecule has 0 aromatic heterocycles. The molecule has 1 atom stereocenters. The van der Waals surface area contributed by atoms with E-state index in [1.165, 1.54) is 22.3 Å². The Labute approximate surface area is 135 Å². The molecule has 1 unspecified atom stereocenters. The van der Waals surface area contributed by atoms with E-state index >= 15 is 0 Å². The van der Waals surface area contributed by atoms with Gasteiger partial charge in [-0.05, 0) is 28.7 Å². The molecule has 0 saturated heterocycles. The molecule has 3 rings (SSSR count). The number of amides is 1. The van der Waals surface area contributed by atoms with Crippen LogP contribution in [-0.2, 0) is 9.53 Å². The molecule has 0 radical (unpaired) electrons. The Kier molecular flexibility index (Phi) is 4.42. The molecule has 2 aromatic carbocycles. The molecule has 0 aliphatic heterocycles. The Balaban J connectivity index is 1.76. The van der Waals surface area contributed by atoms with Gasteiger partial charge in [0.05, 0.1) is 6.04 Å². The second-order valence-electron chi connectivity index (χ2n) is 5.62. The number of benzene rings is 2. The zero-order valence-electron chi connectivity index (χ0n) is 13.0. The number of hydrogen-bond donors (Lipinski definition) is 1. The molecule has 0 saturated carbocycles. The van der Waals surface area contributed by atoms with Crippen LogP contribution >= 0.6 is 0 Å². The first kappa shape index (κ1) is 15.3. The summed E-state index contributed by atoms with van der Waals surface area (Å²) in [5, 5.41) is 2.56. The van der Waals surface area contributed by atoms with Gasteiger partial charge in [0.2, 0.25) is 0 Å². The summed E-state index contributed by atoms with van der Waals surface area (Å²) in [5.74, 6) is 0.0319. The SMILES string of the molecule is CCC(C=O)NC(=O)OCC1c2ccccc2-c2ccccc21. The Morgan fingerprint density at radius 2 is 1.70 bits per heavy atom. The summed E-state index contributed by atoms with van der Waals surface area (Å²) in [4.78, 5) is 22.6. The van der Waals surface area contributed by atoms with Gasteiger partial charge in [-0.2, -0.15) is 0 Å². The monoisotopic (exact) mass is 309 g/mol. The van der Waals surface area contributed by atoms with Gasteiger partial charge in [-0.15, -0.1) is 0 Å². The van der Waals surface area contributed by atoms with E-state index in [9.17, 15) is 9.59 Å². The smallest absolute Gasteiger partial charge is 0.407 e. The fraction of sp³-hybridized carbons (Fsp3) is 0.263. The van der Waals surface area contributed by atoms with Gasteiger partial charge in [-0.25, -0.2) is 4.79 Å². The summed E-state index contributed by atoms with van der Waals surface area (Å²) >= 11 is 0. The second kappa shape index (κ2) is 6.65. The van der Waals surface area contributed by atoms with Gasteiger partial charge >= 0.3 is 6.09 Å². The van der Waals surface area contributed by atoms with Crippen LogP contribution in [0.25, 0.3) is 11.1 Å². The quantitative estimate of drug-likeness (QED) is 0.860. The lowest BCUT2D eigenvalue weighted by atomic mass is 9.98. The maximum absolute atomic E-state index is 11.9. The lowest BCUT2D eigenvalue weighted by Crippen LogP contribution is -2.36. The van der Waals surface area contributed by atoms with E-state index in [0.29, 0.717) is 6.42 Å². The van der Waals surface area contributed by atoms with Gasteiger partial charge < -0.3 is 14.8 Å². The molecular weight excluding hydrogens is 290 g/mol. The number of fused-ring (bicyclic) bond motifs is 3. The van der Waals surface area contributed by atoms with Gasteiger partial charge in [-0.1, -0.05) is 55.5 Å². The highest BCUT2D eigenvalue weighted by atomic mass is 16.5. The largest absolute Gasteiger partial charge is 0.449 e. The number of hydrogen-bond acceptors (Lipinski definition) is 3. The summed E-state index contributed by atoms with van der Waals surface area (Å²) < 4.78 is 5.36. The molecule has 0 spiro atoms. The first-order valence-electron chi connectivity index (χ1n) is 7.81. The number of ether oxygens (including phenoxy) is 1. The van der Waals surface area contributed by atoms with Crippen molar-refractivity contribution in [1.82, 2.24) is 5.32 Å². The van der Waals surface area contributed by atoms with Gasteiger partial charge in [0.25, 0.3) is 0 Å². The molecule has 2 aromatic rings. The molecule has 1 aliphatic rings. The van der Waals surface area contributed by atoms with Crippen molar-refractivity contribution in [1.29, 1.82) is 0 Å². The highest BCUT2D eigenvalue weighted by molar-refractivity contribution is 5.79. The van der Waals surface area contributed by atoms with Crippen LogP contribution in [0.5, 0.6) is 0 Å².